The number of hydrogen-bond acceptors (Lipinski definition) is 3. The lowest BCUT2D eigenvalue weighted by Crippen LogP contribution is -2.39. The Labute approximate surface area is 167 Å². The van der Waals surface area contributed by atoms with Gasteiger partial charge in [0.15, 0.2) is 15.8 Å². The second-order valence-electron chi connectivity index (χ2n) is 6.39. The van der Waals surface area contributed by atoms with Crippen molar-refractivity contribution in [3.8, 4) is 0 Å². The van der Waals surface area contributed by atoms with Crippen LogP contribution in [0.1, 0.15) is 17.5 Å². The van der Waals surface area contributed by atoms with E-state index in [1.165, 1.54) is 0 Å². The molecular formula is C20H26ClN3O2S. The number of halogens is 1. The van der Waals surface area contributed by atoms with Gasteiger partial charge in [0.1, 0.15) is 0 Å². The number of rotatable bonds is 8. The maximum absolute atomic E-state index is 12.2. The van der Waals surface area contributed by atoms with Crippen molar-refractivity contribution in [3.05, 3.63) is 70.7 Å². The average Bonchev–Trinajstić information content (AvgIpc) is 2.62. The third-order valence-corrected chi connectivity index (χ3v) is 5.95. The normalized spacial score (nSPS) is 12.0. The first-order chi connectivity index (χ1) is 12.9. The molecule has 0 aliphatic heterocycles. The number of hydrogen-bond donors (Lipinski definition) is 1. The largest absolute Gasteiger partial charge is 0.356 e. The second kappa shape index (κ2) is 10.3. The monoisotopic (exact) mass is 407 g/mol. The molecule has 0 aromatic heterocycles. The highest BCUT2D eigenvalue weighted by Crippen LogP contribution is 2.12. The highest BCUT2D eigenvalue weighted by Gasteiger charge is 2.12. The summed E-state index contributed by atoms with van der Waals surface area (Å²) in [7, 11) is 0.523. The van der Waals surface area contributed by atoms with E-state index in [9.17, 15) is 8.42 Å². The van der Waals surface area contributed by atoms with Crippen LogP contribution in [-0.2, 0) is 22.1 Å². The SMILES string of the molecule is CN=C(NCCCS(=O)(=O)Cc1ccccc1)N(C)Cc1cccc(Cl)c1. The molecule has 0 aliphatic carbocycles. The summed E-state index contributed by atoms with van der Waals surface area (Å²) in [6.07, 6.45) is 0.527. The highest BCUT2D eigenvalue weighted by atomic mass is 35.5. The van der Waals surface area contributed by atoms with E-state index >= 15 is 0 Å². The van der Waals surface area contributed by atoms with Crippen LogP contribution in [0.5, 0.6) is 0 Å². The number of sulfone groups is 1. The van der Waals surface area contributed by atoms with E-state index in [4.69, 9.17) is 11.6 Å². The number of aliphatic imine (C=N–C) groups is 1. The minimum atomic E-state index is -3.12. The van der Waals surface area contributed by atoms with Gasteiger partial charge < -0.3 is 10.2 Å². The second-order valence-corrected chi connectivity index (χ2v) is 9.01. The molecule has 5 nitrogen and oxygen atoms in total. The molecule has 0 fully saturated rings. The van der Waals surface area contributed by atoms with Gasteiger partial charge in [0.25, 0.3) is 0 Å². The molecule has 7 heteroatoms. The van der Waals surface area contributed by atoms with Gasteiger partial charge >= 0.3 is 0 Å². The Bertz CT molecular complexity index is 855. The van der Waals surface area contributed by atoms with Gasteiger partial charge in [-0.1, -0.05) is 54.1 Å². The van der Waals surface area contributed by atoms with Crippen molar-refractivity contribution in [3.63, 3.8) is 0 Å². The molecule has 27 heavy (non-hydrogen) atoms. The molecule has 0 aliphatic rings. The molecule has 2 aromatic carbocycles. The van der Waals surface area contributed by atoms with Crippen molar-refractivity contribution in [2.24, 2.45) is 4.99 Å². The predicted octanol–water partition coefficient (Wildman–Crippen LogP) is 3.35. The van der Waals surface area contributed by atoms with Crippen molar-refractivity contribution in [2.45, 2.75) is 18.7 Å². The molecular weight excluding hydrogens is 382 g/mol. The molecule has 0 heterocycles. The molecule has 0 saturated heterocycles. The van der Waals surface area contributed by atoms with Gasteiger partial charge in [0.2, 0.25) is 0 Å². The van der Waals surface area contributed by atoms with Crippen LogP contribution in [0.15, 0.2) is 59.6 Å². The fourth-order valence-electron chi connectivity index (χ4n) is 2.76. The minimum absolute atomic E-state index is 0.0806. The van der Waals surface area contributed by atoms with E-state index < -0.39 is 9.84 Å². The Morgan fingerprint density at radius 3 is 2.48 bits per heavy atom. The Kier molecular flexibility index (Phi) is 8.13. The predicted molar refractivity (Wildman–Crippen MR) is 113 cm³/mol. The fraction of sp³-hybridized carbons (Fsp3) is 0.350. The first-order valence-corrected chi connectivity index (χ1v) is 11.0. The summed E-state index contributed by atoms with van der Waals surface area (Å²) >= 11 is 6.02. The van der Waals surface area contributed by atoms with Gasteiger partial charge in [-0.05, 0) is 29.7 Å². The molecule has 0 radical (unpaired) electrons. The summed E-state index contributed by atoms with van der Waals surface area (Å²) in [6, 6.07) is 16.9. The van der Waals surface area contributed by atoms with E-state index in [2.05, 4.69) is 10.3 Å². The van der Waals surface area contributed by atoms with Gasteiger partial charge in [-0.3, -0.25) is 4.99 Å². The van der Waals surface area contributed by atoms with E-state index in [1.54, 1.807) is 7.05 Å². The molecule has 2 rings (SSSR count). The minimum Gasteiger partial charge on any atom is -0.356 e. The van der Waals surface area contributed by atoms with Crippen LogP contribution in [0.25, 0.3) is 0 Å². The van der Waals surface area contributed by atoms with Gasteiger partial charge in [-0.15, -0.1) is 0 Å². The van der Waals surface area contributed by atoms with Crippen molar-refractivity contribution >= 4 is 27.4 Å². The van der Waals surface area contributed by atoms with Crippen LogP contribution >= 0.6 is 11.6 Å². The van der Waals surface area contributed by atoms with E-state index in [0.29, 0.717) is 24.5 Å². The molecule has 0 saturated carbocycles. The molecule has 2 aromatic rings. The lowest BCUT2D eigenvalue weighted by Gasteiger charge is -2.22. The summed E-state index contributed by atoms with van der Waals surface area (Å²) in [4.78, 5) is 6.23. The lowest BCUT2D eigenvalue weighted by atomic mass is 10.2. The summed E-state index contributed by atoms with van der Waals surface area (Å²) in [5.74, 6) is 0.941. The molecule has 146 valence electrons. The zero-order chi connectivity index (χ0) is 19.7. The van der Waals surface area contributed by atoms with Crippen molar-refractivity contribution in [1.82, 2.24) is 10.2 Å². The van der Waals surface area contributed by atoms with Crippen molar-refractivity contribution in [1.29, 1.82) is 0 Å². The number of nitrogens with zero attached hydrogens (tertiary/aromatic N) is 2. The first kappa shape index (κ1) is 21.3. The van der Waals surface area contributed by atoms with Crippen LogP contribution in [0.3, 0.4) is 0 Å². The van der Waals surface area contributed by atoms with E-state index in [0.717, 1.165) is 17.1 Å². The zero-order valence-corrected chi connectivity index (χ0v) is 17.3. The number of guanidine groups is 1. The number of benzene rings is 2. The van der Waals surface area contributed by atoms with Crippen LogP contribution in [0, 0.1) is 0 Å². The van der Waals surface area contributed by atoms with E-state index in [-0.39, 0.29) is 11.5 Å². The molecule has 0 amide bonds. The van der Waals surface area contributed by atoms with Gasteiger partial charge in [0.05, 0.1) is 11.5 Å². The van der Waals surface area contributed by atoms with Gasteiger partial charge in [-0.25, -0.2) is 8.42 Å². The van der Waals surface area contributed by atoms with Gasteiger partial charge in [-0.2, -0.15) is 0 Å². The van der Waals surface area contributed by atoms with Gasteiger partial charge in [0, 0.05) is 32.2 Å². The Morgan fingerprint density at radius 2 is 1.81 bits per heavy atom. The number of nitrogens with one attached hydrogen (secondary N) is 1. The summed E-state index contributed by atoms with van der Waals surface area (Å²) in [5, 5.41) is 3.92. The van der Waals surface area contributed by atoms with Crippen molar-refractivity contribution < 1.29 is 8.42 Å². The van der Waals surface area contributed by atoms with Crippen LogP contribution in [-0.4, -0.2) is 45.7 Å². The Morgan fingerprint density at radius 1 is 1.11 bits per heavy atom. The maximum atomic E-state index is 12.2. The summed E-state index contributed by atoms with van der Waals surface area (Å²) in [5.41, 5.74) is 1.90. The molecule has 0 unspecified atom stereocenters. The standard InChI is InChI=1S/C20H26ClN3O2S/c1-22-20(24(2)15-18-10-6-11-19(21)14-18)23-12-7-13-27(25,26)16-17-8-4-3-5-9-17/h3-6,8-11,14H,7,12-13,15-16H2,1-2H3,(H,22,23). The quantitative estimate of drug-likeness (QED) is 0.414. The molecule has 0 spiro atoms. The van der Waals surface area contributed by atoms with E-state index in [1.807, 2.05) is 66.5 Å². The van der Waals surface area contributed by atoms with Crippen LogP contribution in [0.4, 0.5) is 0 Å². The van der Waals surface area contributed by atoms with Crippen molar-refractivity contribution in [2.75, 3.05) is 26.4 Å². The highest BCUT2D eigenvalue weighted by molar-refractivity contribution is 7.90. The fourth-order valence-corrected chi connectivity index (χ4v) is 4.40. The molecule has 0 bridgehead atoms. The third-order valence-electron chi connectivity index (χ3n) is 4.03. The topological polar surface area (TPSA) is 61.8 Å². The average molecular weight is 408 g/mol. The summed E-state index contributed by atoms with van der Waals surface area (Å²) in [6.45, 7) is 1.20. The molecule has 0 atom stereocenters. The zero-order valence-electron chi connectivity index (χ0n) is 15.7. The third kappa shape index (κ3) is 7.61. The maximum Gasteiger partial charge on any atom is 0.193 e. The molecule has 1 N–H and O–H groups in total. The summed E-state index contributed by atoms with van der Waals surface area (Å²) < 4.78 is 24.5. The Hall–Kier alpha value is -2.05. The Balaban J connectivity index is 1.78. The van der Waals surface area contributed by atoms with Crippen LogP contribution in [0.2, 0.25) is 5.02 Å². The smallest absolute Gasteiger partial charge is 0.193 e. The van der Waals surface area contributed by atoms with Crippen LogP contribution < -0.4 is 5.32 Å². The first-order valence-electron chi connectivity index (χ1n) is 8.80. The lowest BCUT2D eigenvalue weighted by molar-refractivity contribution is 0.476.